The molecule has 6 nitrogen and oxygen atoms in total. The Hall–Kier alpha value is -8.61. The molecule has 63 heavy (non-hydrogen) atoms. The highest BCUT2D eigenvalue weighted by Gasteiger charge is 2.25. The molecule has 0 aliphatic rings. The molecule has 0 fully saturated rings. The first-order chi connectivity index (χ1) is 31.2. The smallest absolute Gasteiger partial charge is 0.238 e. The Labute approximate surface area is 361 Å². The Kier molecular flexibility index (Phi) is 7.80. The highest BCUT2D eigenvalue weighted by Crippen LogP contribution is 2.44. The van der Waals surface area contributed by atoms with Crippen molar-refractivity contribution in [1.82, 2.24) is 24.1 Å². The third-order valence-corrected chi connectivity index (χ3v) is 12.4. The van der Waals surface area contributed by atoms with E-state index in [1.54, 1.807) is 0 Å². The topological polar surface area (TPSA) is 61.7 Å². The second kappa shape index (κ2) is 14.0. The summed E-state index contributed by atoms with van der Waals surface area (Å²) in [5.41, 5.74) is 13.3. The molecule has 0 spiro atoms. The van der Waals surface area contributed by atoms with Crippen LogP contribution in [0.4, 0.5) is 0 Å². The standard InChI is InChI=1S/C57H35N5O/c1-4-16-36(17-5-1)39-29-33-50(47(34-39)37-18-6-2-7-19-37)61-48-25-13-10-22-41(48)45-31-32-46-42-23-11-14-26-49(42)62(54(46)53(45)61)57-59-55(38-20-8-3-9-21-38)58-56(60-57)40-28-30-44-43-24-12-15-27-51(43)63-52(44)35-40/h1-35H. The number of nitrogens with zero attached hydrogens (tertiary/aromatic N) is 5. The van der Waals surface area contributed by atoms with Gasteiger partial charge in [0.1, 0.15) is 11.2 Å². The van der Waals surface area contributed by atoms with Crippen LogP contribution in [0.3, 0.4) is 0 Å². The van der Waals surface area contributed by atoms with E-state index in [2.05, 4.69) is 185 Å². The summed E-state index contributed by atoms with van der Waals surface area (Å²) >= 11 is 0. The van der Waals surface area contributed by atoms with Gasteiger partial charge in [0.05, 0.1) is 27.8 Å². The zero-order valence-electron chi connectivity index (χ0n) is 33.9. The molecule has 0 radical (unpaired) electrons. The van der Waals surface area contributed by atoms with Crippen molar-refractivity contribution in [2.75, 3.05) is 0 Å². The minimum absolute atomic E-state index is 0.529. The van der Waals surface area contributed by atoms with Gasteiger partial charge in [-0.2, -0.15) is 9.97 Å². The Balaban J connectivity index is 1.14. The lowest BCUT2D eigenvalue weighted by Gasteiger charge is -2.17. The lowest BCUT2D eigenvalue weighted by Crippen LogP contribution is -2.07. The second-order valence-electron chi connectivity index (χ2n) is 16.0. The van der Waals surface area contributed by atoms with E-state index in [-0.39, 0.29) is 0 Å². The van der Waals surface area contributed by atoms with Crippen molar-refractivity contribution in [1.29, 1.82) is 0 Å². The Bertz CT molecular complexity index is 3900. The molecule has 6 heteroatoms. The summed E-state index contributed by atoms with van der Waals surface area (Å²) < 4.78 is 11.1. The molecule has 0 N–H and O–H groups in total. The predicted octanol–water partition coefficient (Wildman–Crippen LogP) is 14.6. The summed E-state index contributed by atoms with van der Waals surface area (Å²) in [4.78, 5) is 15.9. The minimum atomic E-state index is 0.529. The number of hydrogen-bond donors (Lipinski definition) is 0. The number of para-hydroxylation sites is 3. The molecule has 294 valence electrons. The number of benzene rings is 9. The average Bonchev–Trinajstić information content (AvgIpc) is 4.02. The van der Waals surface area contributed by atoms with Crippen molar-refractivity contribution >= 4 is 65.6 Å². The molecule has 0 amide bonds. The van der Waals surface area contributed by atoms with Gasteiger partial charge in [-0.1, -0.05) is 170 Å². The SMILES string of the molecule is c1ccc(-c2ccc(-n3c4ccccc4c4ccc5c6ccccc6n(-c6nc(-c7ccccc7)nc(-c7ccc8c(c7)oc7ccccc78)n6)c5c43)c(-c3ccccc3)c2)cc1. The third kappa shape index (κ3) is 5.55. The number of hydrogen-bond acceptors (Lipinski definition) is 4. The van der Waals surface area contributed by atoms with Gasteiger partial charge in [0.25, 0.3) is 0 Å². The molecule has 0 unspecified atom stereocenters. The van der Waals surface area contributed by atoms with Gasteiger partial charge < -0.3 is 8.98 Å². The molecule has 9 aromatic carbocycles. The first kappa shape index (κ1) is 35.2. The zero-order valence-corrected chi connectivity index (χ0v) is 33.9. The van der Waals surface area contributed by atoms with Crippen LogP contribution in [0.1, 0.15) is 0 Å². The maximum absolute atomic E-state index is 6.37. The van der Waals surface area contributed by atoms with Crippen LogP contribution in [0.25, 0.3) is 122 Å². The molecule has 4 aromatic heterocycles. The lowest BCUT2D eigenvalue weighted by molar-refractivity contribution is 0.669. The number of aromatic nitrogens is 5. The van der Waals surface area contributed by atoms with E-state index in [0.29, 0.717) is 17.6 Å². The van der Waals surface area contributed by atoms with E-state index in [0.717, 1.165) is 99.1 Å². The van der Waals surface area contributed by atoms with Crippen LogP contribution in [-0.2, 0) is 0 Å². The van der Waals surface area contributed by atoms with Crippen molar-refractivity contribution in [3.8, 4) is 56.7 Å². The second-order valence-corrected chi connectivity index (χ2v) is 16.0. The molecule has 0 saturated heterocycles. The Morgan fingerprint density at radius 3 is 1.52 bits per heavy atom. The highest BCUT2D eigenvalue weighted by molar-refractivity contribution is 6.24. The van der Waals surface area contributed by atoms with Crippen LogP contribution >= 0.6 is 0 Å². The molecule has 0 saturated carbocycles. The van der Waals surface area contributed by atoms with Crippen molar-refractivity contribution in [2.45, 2.75) is 0 Å². The molecule has 0 bridgehead atoms. The van der Waals surface area contributed by atoms with Crippen LogP contribution in [0, 0.1) is 0 Å². The first-order valence-electron chi connectivity index (χ1n) is 21.2. The highest BCUT2D eigenvalue weighted by atomic mass is 16.3. The molecular formula is C57H35N5O. The molecule has 0 atom stereocenters. The van der Waals surface area contributed by atoms with Crippen LogP contribution in [-0.4, -0.2) is 24.1 Å². The third-order valence-electron chi connectivity index (χ3n) is 12.4. The fourth-order valence-electron chi connectivity index (χ4n) is 9.52. The van der Waals surface area contributed by atoms with E-state index in [1.807, 2.05) is 36.4 Å². The van der Waals surface area contributed by atoms with Gasteiger partial charge in [-0.25, -0.2) is 4.98 Å². The van der Waals surface area contributed by atoms with Crippen molar-refractivity contribution in [3.63, 3.8) is 0 Å². The van der Waals surface area contributed by atoms with E-state index in [4.69, 9.17) is 19.4 Å². The number of furan rings is 1. The van der Waals surface area contributed by atoms with Crippen molar-refractivity contribution < 1.29 is 4.42 Å². The number of rotatable bonds is 6. The maximum Gasteiger partial charge on any atom is 0.238 e. The van der Waals surface area contributed by atoms with Gasteiger partial charge in [-0.15, -0.1) is 0 Å². The van der Waals surface area contributed by atoms with E-state index < -0.39 is 0 Å². The number of fused-ring (bicyclic) bond motifs is 10. The summed E-state index contributed by atoms with van der Waals surface area (Å²) in [5.74, 6) is 1.67. The summed E-state index contributed by atoms with van der Waals surface area (Å²) in [6.45, 7) is 0. The minimum Gasteiger partial charge on any atom is -0.456 e. The van der Waals surface area contributed by atoms with E-state index in [9.17, 15) is 0 Å². The van der Waals surface area contributed by atoms with Gasteiger partial charge in [0, 0.05) is 49.0 Å². The fraction of sp³-hybridized carbons (Fsp3) is 0. The van der Waals surface area contributed by atoms with Gasteiger partial charge in [-0.05, 0) is 59.2 Å². The average molecular weight is 806 g/mol. The van der Waals surface area contributed by atoms with Gasteiger partial charge in [0.15, 0.2) is 11.6 Å². The van der Waals surface area contributed by atoms with Gasteiger partial charge >= 0.3 is 0 Å². The summed E-state index contributed by atoms with van der Waals surface area (Å²) in [6, 6.07) is 74.6. The Morgan fingerprint density at radius 1 is 0.317 bits per heavy atom. The monoisotopic (exact) mass is 805 g/mol. The molecule has 13 rings (SSSR count). The molecule has 4 heterocycles. The summed E-state index contributed by atoms with van der Waals surface area (Å²) in [6.07, 6.45) is 0. The molecular weight excluding hydrogens is 771 g/mol. The van der Waals surface area contributed by atoms with Crippen molar-refractivity contribution in [3.05, 3.63) is 212 Å². The molecule has 0 aliphatic heterocycles. The summed E-state index contributed by atoms with van der Waals surface area (Å²) in [7, 11) is 0. The van der Waals surface area contributed by atoms with E-state index >= 15 is 0 Å². The van der Waals surface area contributed by atoms with Crippen LogP contribution in [0.5, 0.6) is 0 Å². The van der Waals surface area contributed by atoms with Crippen LogP contribution < -0.4 is 0 Å². The molecule has 13 aromatic rings. The van der Waals surface area contributed by atoms with Gasteiger partial charge in [0.2, 0.25) is 5.95 Å². The Morgan fingerprint density at radius 2 is 0.825 bits per heavy atom. The predicted molar refractivity (Wildman–Crippen MR) is 258 cm³/mol. The lowest BCUT2D eigenvalue weighted by atomic mass is 9.97. The maximum atomic E-state index is 6.37. The largest absolute Gasteiger partial charge is 0.456 e. The van der Waals surface area contributed by atoms with Crippen LogP contribution in [0.2, 0.25) is 0 Å². The summed E-state index contributed by atoms with van der Waals surface area (Å²) in [5, 5.41) is 6.66. The first-order valence-corrected chi connectivity index (χ1v) is 21.2. The quantitative estimate of drug-likeness (QED) is 0.168. The van der Waals surface area contributed by atoms with Gasteiger partial charge in [-0.3, -0.25) is 4.57 Å². The molecule has 0 aliphatic carbocycles. The van der Waals surface area contributed by atoms with Crippen molar-refractivity contribution in [2.24, 2.45) is 0 Å². The van der Waals surface area contributed by atoms with E-state index in [1.165, 1.54) is 5.56 Å². The zero-order chi connectivity index (χ0) is 41.4. The van der Waals surface area contributed by atoms with Crippen LogP contribution in [0.15, 0.2) is 217 Å². The normalized spacial score (nSPS) is 11.8. The fourth-order valence-corrected chi connectivity index (χ4v) is 9.52.